The normalized spacial score (nSPS) is 10.3. The Balaban J connectivity index is 2.33. The molecule has 17 heavy (non-hydrogen) atoms. The van der Waals surface area contributed by atoms with E-state index >= 15 is 0 Å². The van der Waals surface area contributed by atoms with Crippen LogP contribution in [-0.4, -0.2) is 4.98 Å². The van der Waals surface area contributed by atoms with E-state index in [1.165, 1.54) is 0 Å². The van der Waals surface area contributed by atoms with E-state index in [1.807, 2.05) is 30.3 Å². The van der Waals surface area contributed by atoms with Crippen LogP contribution in [-0.2, 0) is 0 Å². The molecule has 0 aliphatic rings. The lowest BCUT2D eigenvalue weighted by atomic mass is 10.1. The van der Waals surface area contributed by atoms with Gasteiger partial charge in [0.25, 0.3) is 0 Å². The Hall–Kier alpha value is -2.60. The minimum Gasteiger partial charge on any atom is -0.462 e. The van der Waals surface area contributed by atoms with E-state index in [1.54, 1.807) is 18.5 Å². The summed E-state index contributed by atoms with van der Waals surface area (Å²) in [6.07, 6.45) is 3.17. The number of hydrogen-bond donors (Lipinski definition) is 0. The highest BCUT2D eigenvalue weighted by molar-refractivity contribution is 5.93. The van der Waals surface area contributed by atoms with Gasteiger partial charge in [-0.25, -0.2) is 0 Å². The van der Waals surface area contributed by atoms with Crippen LogP contribution in [0.1, 0.15) is 5.56 Å². The van der Waals surface area contributed by atoms with Crippen LogP contribution in [0, 0.1) is 11.3 Å². The predicted octanol–water partition coefficient (Wildman–Crippen LogP) is 3.37. The van der Waals surface area contributed by atoms with Crippen LogP contribution in [0.15, 0.2) is 53.3 Å². The van der Waals surface area contributed by atoms with Crippen LogP contribution >= 0.6 is 0 Å². The lowest BCUT2D eigenvalue weighted by molar-refractivity contribution is 0.615. The molecule has 0 spiro atoms. The molecule has 0 saturated carbocycles. The third-order valence-electron chi connectivity index (χ3n) is 2.66. The molecular weight excluding hydrogens is 212 g/mol. The summed E-state index contributed by atoms with van der Waals surface area (Å²) in [7, 11) is 0. The molecular formula is C14H8N2O. The van der Waals surface area contributed by atoms with E-state index in [0.717, 1.165) is 16.6 Å². The molecule has 0 bridgehead atoms. The number of aromatic nitrogens is 1. The molecule has 0 atom stereocenters. The second-order valence-electron chi connectivity index (χ2n) is 3.66. The second kappa shape index (κ2) is 3.76. The first kappa shape index (κ1) is 9.61. The number of rotatable bonds is 1. The van der Waals surface area contributed by atoms with Gasteiger partial charge in [0.1, 0.15) is 11.8 Å². The van der Waals surface area contributed by atoms with Gasteiger partial charge >= 0.3 is 0 Å². The highest BCUT2D eigenvalue weighted by Crippen LogP contribution is 2.28. The molecule has 1 aromatic carbocycles. The van der Waals surface area contributed by atoms with E-state index in [-0.39, 0.29) is 0 Å². The van der Waals surface area contributed by atoms with E-state index in [9.17, 15) is 0 Å². The smallest absolute Gasteiger partial charge is 0.161 e. The summed E-state index contributed by atoms with van der Waals surface area (Å²) in [6.45, 7) is 0. The molecule has 0 N–H and O–H groups in total. The lowest BCUT2D eigenvalue weighted by Crippen LogP contribution is -1.86. The molecule has 3 nitrogen and oxygen atoms in total. The van der Waals surface area contributed by atoms with Crippen LogP contribution in [0.3, 0.4) is 0 Å². The molecule has 3 heteroatoms. The van der Waals surface area contributed by atoms with Gasteiger partial charge in [-0.05, 0) is 6.07 Å². The zero-order chi connectivity index (χ0) is 11.7. The first-order chi connectivity index (χ1) is 8.40. The van der Waals surface area contributed by atoms with Gasteiger partial charge in [0.2, 0.25) is 0 Å². The highest BCUT2D eigenvalue weighted by Gasteiger charge is 2.11. The molecule has 0 aliphatic heterocycles. The fraction of sp³-hybridized carbons (Fsp3) is 0. The number of nitriles is 1. The molecule has 3 aromatic rings. The van der Waals surface area contributed by atoms with Crippen LogP contribution in [0.5, 0.6) is 0 Å². The third-order valence-corrected chi connectivity index (χ3v) is 2.66. The predicted molar refractivity (Wildman–Crippen MR) is 64.2 cm³/mol. The highest BCUT2D eigenvalue weighted by atomic mass is 16.3. The molecule has 2 aromatic heterocycles. The number of benzene rings is 1. The topological polar surface area (TPSA) is 49.8 Å². The standard InChI is InChI=1S/C14H8N2O/c15-8-11-9-16-13(10-4-2-1-3-5-10)14-12(11)6-7-17-14/h1-7,9H. The van der Waals surface area contributed by atoms with Crippen molar-refractivity contribution in [3.8, 4) is 17.3 Å². The Bertz CT molecular complexity index is 708. The van der Waals surface area contributed by atoms with Crippen molar-refractivity contribution in [2.24, 2.45) is 0 Å². The quantitative estimate of drug-likeness (QED) is 0.631. The average molecular weight is 220 g/mol. The van der Waals surface area contributed by atoms with Gasteiger partial charge in [-0.3, -0.25) is 4.98 Å². The van der Waals surface area contributed by atoms with Crippen LogP contribution in [0.25, 0.3) is 22.2 Å². The Morgan fingerprint density at radius 3 is 2.71 bits per heavy atom. The van der Waals surface area contributed by atoms with Crippen LogP contribution in [0.2, 0.25) is 0 Å². The summed E-state index contributed by atoms with van der Waals surface area (Å²) in [5.74, 6) is 0. The van der Waals surface area contributed by atoms with Gasteiger partial charge in [-0.1, -0.05) is 30.3 Å². The number of pyridine rings is 1. The maximum atomic E-state index is 8.98. The van der Waals surface area contributed by atoms with E-state index in [2.05, 4.69) is 11.1 Å². The second-order valence-corrected chi connectivity index (χ2v) is 3.66. The van der Waals surface area contributed by atoms with Crippen LogP contribution in [0.4, 0.5) is 0 Å². The summed E-state index contributed by atoms with van der Waals surface area (Å²) in [4.78, 5) is 4.30. The van der Waals surface area contributed by atoms with Gasteiger partial charge in [0.05, 0.1) is 11.8 Å². The van der Waals surface area contributed by atoms with E-state index in [0.29, 0.717) is 11.1 Å². The maximum absolute atomic E-state index is 8.98. The van der Waals surface area contributed by atoms with Gasteiger partial charge in [0, 0.05) is 17.1 Å². The summed E-state index contributed by atoms with van der Waals surface area (Å²) in [6, 6.07) is 13.7. The minimum atomic E-state index is 0.536. The van der Waals surface area contributed by atoms with Crippen molar-refractivity contribution in [2.75, 3.05) is 0 Å². The van der Waals surface area contributed by atoms with Crippen molar-refractivity contribution in [1.29, 1.82) is 5.26 Å². The molecule has 80 valence electrons. The Morgan fingerprint density at radius 1 is 1.12 bits per heavy atom. The van der Waals surface area contributed by atoms with Gasteiger partial charge in [-0.2, -0.15) is 5.26 Å². The average Bonchev–Trinajstić information content (AvgIpc) is 2.88. The van der Waals surface area contributed by atoms with Crippen molar-refractivity contribution >= 4 is 11.0 Å². The van der Waals surface area contributed by atoms with Crippen molar-refractivity contribution in [2.45, 2.75) is 0 Å². The Kier molecular flexibility index (Phi) is 2.13. The SMILES string of the molecule is N#Cc1cnc(-c2ccccc2)c2occc12. The Labute approximate surface area is 97.9 Å². The van der Waals surface area contributed by atoms with Crippen molar-refractivity contribution in [3.05, 3.63) is 54.4 Å². The van der Waals surface area contributed by atoms with Gasteiger partial charge in [-0.15, -0.1) is 0 Å². The molecule has 3 rings (SSSR count). The third kappa shape index (κ3) is 1.47. The summed E-state index contributed by atoms with van der Waals surface area (Å²) in [5.41, 5.74) is 2.95. The molecule has 0 amide bonds. The minimum absolute atomic E-state index is 0.536. The first-order valence-electron chi connectivity index (χ1n) is 5.22. The first-order valence-corrected chi connectivity index (χ1v) is 5.22. The maximum Gasteiger partial charge on any atom is 0.161 e. The summed E-state index contributed by atoms with van der Waals surface area (Å²) in [5, 5.41) is 9.79. The zero-order valence-electron chi connectivity index (χ0n) is 8.92. The van der Waals surface area contributed by atoms with Crippen LogP contribution < -0.4 is 0 Å². The van der Waals surface area contributed by atoms with E-state index in [4.69, 9.17) is 9.68 Å². The fourth-order valence-corrected chi connectivity index (χ4v) is 1.85. The number of fused-ring (bicyclic) bond motifs is 1. The molecule has 0 aliphatic carbocycles. The summed E-state index contributed by atoms with van der Waals surface area (Å²) >= 11 is 0. The molecule has 0 fully saturated rings. The van der Waals surface area contributed by atoms with Crippen molar-refractivity contribution in [1.82, 2.24) is 4.98 Å². The van der Waals surface area contributed by atoms with Crippen molar-refractivity contribution in [3.63, 3.8) is 0 Å². The monoisotopic (exact) mass is 220 g/mol. The Morgan fingerprint density at radius 2 is 1.94 bits per heavy atom. The van der Waals surface area contributed by atoms with Gasteiger partial charge < -0.3 is 4.42 Å². The lowest BCUT2D eigenvalue weighted by Gasteiger charge is -2.01. The molecule has 0 unspecified atom stereocenters. The molecule has 0 radical (unpaired) electrons. The zero-order valence-corrected chi connectivity index (χ0v) is 8.92. The largest absolute Gasteiger partial charge is 0.462 e. The summed E-state index contributed by atoms with van der Waals surface area (Å²) < 4.78 is 5.43. The molecule has 0 saturated heterocycles. The number of nitrogens with zero attached hydrogens (tertiary/aromatic N) is 2. The number of hydrogen-bond acceptors (Lipinski definition) is 3. The van der Waals surface area contributed by atoms with Gasteiger partial charge in [0.15, 0.2) is 5.58 Å². The number of furan rings is 1. The fourth-order valence-electron chi connectivity index (χ4n) is 1.85. The van der Waals surface area contributed by atoms with E-state index < -0.39 is 0 Å². The molecule has 2 heterocycles. The van der Waals surface area contributed by atoms with Crippen molar-refractivity contribution < 1.29 is 4.42 Å².